The monoisotopic (exact) mass is 319 g/mol. The van der Waals surface area contributed by atoms with Crippen molar-refractivity contribution in [2.45, 2.75) is 26.4 Å². The maximum atomic E-state index is 12.2. The summed E-state index contributed by atoms with van der Waals surface area (Å²) in [5.74, 6) is 0.0460. The number of morpholine rings is 1. The average molecular weight is 319 g/mol. The molecule has 1 heterocycles. The third-order valence-corrected chi connectivity index (χ3v) is 3.53. The van der Waals surface area contributed by atoms with Crippen LogP contribution in [0.3, 0.4) is 0 Å². The van der Waals surface area contributed by atoms with E-state index in [0.29, 0.717) is 36.9 Å². The Kier molecular flexibility index (Phi) is 6.55. The van der Waals surface area contributed by atoms with Gasteiger partial charge < -0.3 is 20.7 Å². The Bertz CT molecular complexity index is 540. The van der Waals surface area contributed by atoms with Crippen LogP contribution >= 0.6 is 0 Å². The molecule has 0 saturated carbocycles. The van der Waals surface area contributed by atoms with Crippen molar-refractivity contribution < 1.29 is 14.3 Å². The molecule has 0 aromatic heterocycles. The van der Waals surface area contributed by atoms with Gasteiger partial charge in [-0.2, -0.15) is 0 Å². The van der Waals surface area contributed by atoms with Crippen LogP contribution in [0.25, 0.3) is 0 Å². The van der Waals surface area contributed by atoms with Gasteiger partial charge in [0.25, 0.3) is 5.91 Å². The Labute approximate surface area is 137 Å². The van der Waals surface area contributed by atoms with Crippen molar-refractivity contribution in [2.24, 2.45) is 5.92 Å². The fourth-order valence-corrected chi connectivity index (χ4v) is 2.34. The van der Waals surface area contributed by atoms with E-state index in [1.54, 1.807) is 24.3 Å². The van der Waals surface area contributed by atoms with Crippen LogP contribution in [0.4, 0.5) is 5.69 Å². The topological polar surface area (TPSA) is 79.5 Å². The number of carbonyl (C=O) groups is 2. The first kappa shape index (κ1) is 17.4. The van der Waals surface area contributed by atoms with Crippen molar-refractivity contribution in [3.63, 3.8) is 0 Å². The summed E-state index contributed by atoms with van der Waals surface area (Å²) in [6, 6.07) is 7.04. The summed E-state index contributed by atoms with van der Waals surface area (Å²) in [5, 5.41) is 8.88. The van der Waals surface area contributed by atoms with E-state index in [2.05, 4.69) is 16.0 Å². The quantitative estimate of drug-likeness (QED) is 0.740. The van der Waals surface area contributed by atoms with Crippen molar-refractivity contribution in [1.29, 1.82) is 0 Å². The van der Waals surface area contributed by atoms with E-state index >= 15 is 0 Å². The minimum atomic E-state index is -0.176. The smallest absolute Gasteiger partial charge is 0.253 e. The first-order chi connectivity index (χ1) is 11.1. The van der Waals surface area contributed by atoms with Gasteiger partial charge in [0.1, 0.15) is 0 Å². The highest BCUT2D eigenvalue weighted by Gasteiger charge is 2.19. The van der Waals surface area contributed by atoms with Crippen LogP contribution in [0.5, 0.6) is 0 Å². The lowest BCUT2D eigenvalue weighted by Crippen LogP contribution is -2.40. The number of amides is 2. The van der Waals surface area contributed by atoms with E-state index < -0.39 is 0 Å². The molecule has 0 spiro atoms. The van der Waals surface area contributed by atoms with Gasteiger partial charge in [-0.05, 0) is 18.1 Å². The zero-order valence-electron chi connectivity index (χ0n) is 13.7. The molecular formula is C17H25N3O3. The lowest BCUT2D eigenvalue weighted by molar-refractivity contribution is -0.119. The van der Waals surface area contributed by atoms with Crippen LogP contribution in [0.15, 0.2) is 24.3 Å². The van der Waals surface area contributed by atoms with Crippen LogP contribution in [0, 0.1) is 5.92 Å². The first-order valence-corrected chi connectivity index (χ1v) is 8.05. The van der Waals surface area contributed by atoms with Crippen LogP contribution in [0.1, 0.15) is 30.6 Å². The molecule has 1 saturated heterocycles. The lowest BCUT2D eigenvalue weighted by atomic mass is 10.1. The minimum absolute atomic E-state index is 0.120. The highest BCUT2D eigenvalue weighted by Crippen LogP contribution is 2.16. The number of hydrogen-bond acceptors (Lipinski definition) is 4. The van der Waals surface area contributed by atoms with E-state index in [9.17, 15) is 9.59 Å². The second-order valence-corrected chi connectivity index (χ2v) is 6.10. The number of carbonyl (C=O) groups excluding carboxylic acids is 2. The molecule has 1 aromatic carbocycles. The lowest BCUT2D eigenvalue weighted by Gasteiger charge is -2.23. The van der Waals surface area contributed by atoms with E-state index in [4.69, 9.17) is 4.74 Å². The minimum Gasteiger partial charge on any atom is -0.375 e. The molecule has 23 heavy (non-hydrogen) atoms. The first-order valence-electron chi connectivity index (χ1n) is 8.05. The van der Waals surface area contributed by atoms with Gasteiger partial charge in [0.2, 0.25) is 5.91 Å². The Morgan fingerprint density at radius 1 is 1.35 bits per heavy atom. The molecule has 0 radical (unpaired) electrons. The fourth-order valence-electron chi connectivity index (χ4n) is 2.34. The molecule has 6 nitrogen and oxygen atoms in total. The Balaban J connectivity index is 1.96. The summed E-state index contributed by atoms with van der Waals surface area (Å²) in [5.41, 5.74) is 1.01. The third kappa shape index (κ3) is 5.65. The van der Waals surface area contributed by atoms with Gasteiger partial charge in [0, 0.05) is 19.6 Å². The number of anilines is 1. The van der Waals surface area contributed by atoms with E-state index in [1.165, 1.54) is 0 Å². The molecule has 1 unspecified atom stereocenters. The molecule has 3 N–H and O–H groups in total. The fraction of sp³-hybridized carbons (Fsp3) is 0.529. The predicted octanol–water partition coefficient (Wildman–Crippen LogP) is 1.39. The Morgan fingerprint density at radius 3 is 2.83 bits per heavy atom. The highest BCUT2D eigenvalue weighted by molar-refractivity contribution is 6.03. The number of benzene rings is 1. The van der Waals surface area contributed by atoms with Gasteiger partial charge in [-0.1, -0.05) is 26.0 Å². The van der Waals surface area contributed by atoms with Crippen molar-refractivity contribution in [3.05, 3.63) is 29.8 Å². The van der Waals surface area contributed by atoms with Crippen molar-refractivity contribution >= 4 is 17.5 Å². The zero-order valence-corrected chi connectivity index (χ0v) is 13.7. The molecule has 1 aliphatic heterocycles. The van der Waals surface area contributed by atoms with E-state index in [0.717, 1.165) is 6.54 Å². The predicted molar refractivity (Wildman–Crippen MR) is 89.5 cm³/mol. The van der Waals surface area contributed by atoms with Crippen molar-refractivity contribution in [1.82, 2.24) is 10.6 Å². The SMILES string of the molecule is CC(C)CNC(=O)c1ccccc1NC(=O)CC1CNCCO1. The Morgan fingerprint density at radius 2 is 2.13 bits per heavy atom. The second kappa shape index (κ2) is 8.64. The molecule has 1 aromatic rings. The van der Waals surface area contributed by atoms with Gasteiger partial charge in [0.15, 0.2) is 0 Å². The molecule has 1 fully saturated rings. The molecule has 2 amide bonds. The van der Waals surface area contributed by atoms with E-state index in [1.807, 2.05) is 13.8 Å². The zero-order chi connectivity index (χ0) is 16.7. The molecule has 126 valence electrons. The average Bonchev–Trinajstić information content (AvgIpc) is 2.54. The molecule has 2 rings (SSSR count). The Hall–Kier alpha value is -1.92. The summed E-state index contributed by atoms with van der Waals surface area (Å²) < 4.78 is 5.53. The number of nitrogens with one attached hydrogen (secondary N) is 3. The van der Waals surface area contributed by atoms with Gasteiger partial charge in [-0.25, -0.2) is 0 Å². The summed E-state index contributed by atoms with van der Waals surface area (Å²) >= 11 is 0. The van der Waals surface area contributed by atoms with Gasteiger partial charge in [-0.3, -0.25) is 9.59 Å². The van der Waals surface area contributed by atoms with Crippen molar-refractivity contribution in [3.8, 4) is 0 Å². The standard InChI is InChI=1S/C17H25N3O3/c1-12(2)10-19-17(22)14-5-3-4-6-15(14)20-16(21)9-13-11-18-7-8-23-13/h3-6,12-13,18H,7-11H2,1-2H3,(H,19,22)(H,20,21). The van der Waals surface area contributed by atoms with Gasteiger partial charge >= 0.3 is 0 Å². The highest BCUT2D eigenvalue weighted by atomic mass is 16.5. The molecule has 1 aliphatic rings. The normalized spacial score (nSPS) is 17.8. The summed E-state index contributed by atoms with van der Waals surface area (Å²) in [4.78, 5) is 24.4. The number of ether oxygens (including phenoxy) is 1. The molecule has 6 heteroatoms. The maximum Gasteiger partial charge on any atom is 0.253 e. The summed E-state index contributed by atoms with van der Waals surface area (Å²) in [6.07, 6.45) is 0.153. The molecule has 0 bridgehead atoms. The maximum absolute atomic E-state index is 12.2. The van der Waals surface area contributed by atoms with E-state index in [-0.39, 0.29) is 24.3 Å². The van der Waals surface area contributed by atoms with Crippen molar-refractivity contribution in [2.75, 3.05) is 31.6 Å². The van der Waals surface area contributed by atoms with Gasteiger partial charge in [-0.15, -0.1) is 0 Å². The largest absolute Gasteiger partial charge is 0.375 e. The van der Waals surface area contributed by atoms with Crippen LogP contribution in [0.2, 0.25) is 0 Å². The third-order valence-electron chi connectivity index (χ3n) is 3.53. The van der Waals surface area contributed by atoms with Crippen LogP contribution in [-0.2, 0) is 9.53 Å². The number of para-hydroxylation sites is 1. The second-order valence-electron chi connectivity index (χ2n) is 6.10. The van der Waals surface area contributed by atoms with Crippen LogP contribution < -0.4 is 16.0 Å². The van der Waals surface area contributed by atoms with Crippen LogP contribution in [-0.4, -0.2) is 44.2 Å². The molecule has 0 aliphatic carbocycles. The molecule has 1 atom stereocenters. The van der Waals surface area contributed by atoms with Gasteiger partial charge in [0.05, 0.1) is 30.4 Å². The summed E-state index contributed by atoms with van der Waals surface area (Å²) in [6.45, 7) is 6.77. The number of hydrogen-bond donors (Lipinski definition) is 3. The number of rotatable bonds is 6. The molecular weight excluding hydrogens is 294 g/mol. The summed E-state index contributed by atoms with van der Waals surface area (Å²) in [7, 11) is 0.